The molecule has 0 aromatic heterocycles. The maximum atomic E-state index is 13.8. The van der Waals surface area contributed by atoms with Crippen molar-refractivity contribution in [2.75, 3.05) is 0 Å². The van der Waals surface area contributed by atoms with Crippen LogP contribution in [0, 0.1) is 29.6 Å². The molecule has 0 radical (unpaired) electrons. The molecule has 57 heavy (non-hydrogen) atoms. The van der Waals surface area contributed by atoms with Gasteiger partial charge in [-0.15, -0.1) is 0 Å². The van der Waals surface area contributed by atoms with E-state index in [1.165, 1.54) is 0 Å². The molecule has 0 aliphatic heterocycles. The van der Waals surface area contributed by atoms with E-state index in [1.54, 1.807) is 69.2 Å². The minimum absolute atomic E-state index is 0.0617. The number of aliphatic carboxylic acids is 3. The molecule has 0 bridgehead atoms. The summed E-state index contributed by atoms with van der Waals surface area (Å²) in [4.78, 5) is 115. The maximum Gasteiger partial charge on any atom is 0.326 e. The average Bonchev–Trinajstić information content (AvgIpc) is 3.06. The van der Waals surface area contributed by atoms with Crippen LogP contribution in [0.15, 0.2) is 0 Å². The first kappa shape index (κ1) is 52.2. The van der Waals surface area contributed by atoms with Gasteiger partial charge in [0.05, 0.1) is 12.5 Å². The van der Waals surface area contributed by atoms with E-state index in [9.17, 15) is 53.4 Å². The largest absolute Gasteiger partial charge is 0.481 e. The monoisotopic (exact) mass is 813 g/mol. The van der Waals surface area contributed by atoms with Gasteiger partial charge in [-0.05, 0) is 61.7 Å². The first-order valence-corrected chi connectivity index (χ1v) is 19.5. The molecule has 0 heterocycles. The van der Waals surface area contributed by atoms with Gasteiger partial charge in [0.15, 0.2) is 0 Å². The van der Waals surface area contributed by atoms with Gasteiger partial charge in [0.1, 0.15) is 36.3 Å². The third-order valence-corrected chi connectivity index (χ3v) is 8.61. The summed E-state index contributed by atoms with van der Waals surface area (Å²) < 4.78 is 0. The Morgan fingerprint density at radius 3 is 1.12 bits per heavy atom. The molecule has 0 aliphatic carbocycles. The number of nitrogens with two attached hydrogens (primary N) is 1. The molecule has 7 atom stereocenters. The molecule has 0 aromatic rings. The maximum absolute atomic E-state index is 13.8. The van der Waals surface area contributed by atoms with Gasteiger partial charge < -0.3 is 53.0 Å². The average molecular weight is 814 g/mol. The summed E-state index contributed by atoms with van der Waals surface area (Å²) >= 11 is 0. The molecule has 0 fully saturated rings. The Morgan fingerprint density at radius 1 is 0.439 bits per heavy atom. The molecule has 0 aliphatic rings. The third kappa shape index (κ3) is 21.3. The van der Waals surface area contributed by atoms with E-state index < -0.39 is 108 Å². The van der Waals surface area contributed by atoms with Crippen molar-refractivity contribution in [2.24, 2.45) is 35.3 Å². The number of hydrogen-bond donors (Lipinski definition) is 10. The van der Waals surface area contributed by atoms with Crippen LogP contribution in [0.5, 0.6) is 0 Å². The van der Waals surface area contributed by atoms with E-state index in [4.69, 9.17) is 10.8 Å². The minimum atomic E-state index is -1.71. The third-order valence-electron chi connectivity index (χ3n) is 8.61. The number of carboxylic acid groups (broad SMARTS) is 3. The Bertz CT molecular complexity index is 1400. The predicted octanol–water partition coefficient (Wildman–Crippen LogP) is 0.487. The van der Waals surface area contributed by atoms with E-state index >= 15 is 0 Å². The molecular weight excluding hydrogens is 746 g/mol. The first-order valence-electron chi connectivity index (χ1n) is 19.5. The number of hydrogen-bond acceptors (Lipinski definition) is 10. The molecule has 19 nitrogen and oxygen atoms in total. The number of carbonyl (C=O) groups excluding carboxylic acids is 6. The van der Waals surface area contributed by atoms with Crippen molar-refractivity contribution in [1.82, 2.24) is 31.9 Å². The highest BCUT2D eigenvalue weighted by Gasteiger charge is 2.36. The van der Waals surface area contributed by atoms with Crippen molar-refractivity contribution in [3.05, 3.63) is 0 Å². The van der Waals surface area contributed by atoms with E-state index in [1.807, 2.05) is 0 Å². The van der Waals surface area contributed by atoms with Crippen LogP contribution in [0.4, 0.5) is 0 Å². The van der Waals surface area contributed by atoms with Crippen LogP contribution >= 0.6 is 0 Å². The van der Waals surface area contributed by atoms with E-state index in [-0.39, 0.29) is 62.2 Å². The van der Waals surface area contributed by atoms with Crippen LogP contribution in [-0.2, 0) is 43.2 Å². The summed E-state index contributed by atoms with van der Waals surface area (Å²) in [7, 11) is 0. The van der Waals surface area contributed by atoms with Crippen molar-refractivity contribution in [1.29, 1.82) is 0 Å². The fraction of sp³-hybridized carbons (Fsp3) is 0.763. The normalized spacial score (nSPS) is 15.2. The molecule has 0 unspecified atom stereocenters. The Kier molecular flexibility index (Phi) is 23.3. The molecule has 11 N–H and O–H groups in total. The lowest BCUT2D eigenvalue weighted by atomic mass is 9.98. The van der Waals surface area contributed by atoms with Gasteiger partial charge in [-0.1, -0.05) is 69.2 Å². The molecule has 0 saturated heterocycles. The molecule has 0 aromatic carbocycles. The van der Waals surface area contributed by atoms with Gasteiger partial charge in [-0.25, -0.2) is 4.79 Å². The number of rotatable bonds is 27. The summed E-state index contributed by atoms with van der Waals surface area (Å²) in [5.74, 6) is -9.97. The fourth-order valence-corrected chi connectivity index (χ4v) is 5.74. The van der Waals surface area contributed by atoms with Gasteiger partial charge in [-0.3, -0.25) is 38.4 Å². The molecule has 0 spiro atoms. The summed E-state index contributed by atoms with van der Waals surface area (Å²) in [5, 5.41) is 43.2. The lowest BCUT2D eigenvalue weighted by Crippen LogP contribution is -2.61. The Labute approximate surface area is 335 Å². The summed E-state index contributed by atoms with van der Waals surface area (Å²) in [5.41, 5.74) is 5.84. The van der Waals surface area contributed by atoms with Crippen molar-refractivity contribution >= 4 is 53.4 Å². The SMILES string of the molecule is CC(C)C[C@H](NC(=O)[C@H](CC(C)C)NC(=O)[C@H](CC(=O)O)NC(=O)[C@@H](NC(=O)[C@H](CC(C)C)NC(=O)[C@H](CC(C)C)NC(=O)[C@@H](N)CCC(=O)O)C(C)C)C(=O)O. The standard InChI is InChI=1S/C38H67N7O12/c1-18(2)13-24(40-32(50)23(39)11-12-29(46)47)33(51)42-26(15-20(5)6)36(54)45-31(22(9)10)37(55)43-27(17-30(48)49)35(53)41-25(14-19(3)4)34(52)44-28(38(56)57)16-21(7)8/h18-28,31H,11-17,39H2,1-10H3,(H,40,50)(H,41,53)(H,42,51)(H,43,55)(H,44,52)(H,45,54)(H,46,47)(H,48,49)(H,56,57)/t23-,24-,25-,26-,27-,28-,31-/m0/s1. The Morgan fingerprint density at radius 2 is 0.772 bits per heavy atom. The van der Waals surface area contributed by atoms with Crippen LogP contribution in [0.25, 0.3) is 0 Å². The second-order valence-electron chi connectivity index (χ2n) is 16.5. The van der Waals surface area contributed by atoms with E-state index in [0.29, 0.717) is 0 Å². The zero-order chi connectivity index (χ0) is 44.3. The van der Waals surface area contributed by atoms with Crippen LogP contribution in [0.3, 0.4) is 0 Å². The first-order chi connectivity index (χ1) is 26.2. The molecule has 326 valence electrons. The molecule has 0 saturated carbocycles. The van der Waals surface area contributed by atoms with Gasteiger partial charge in [0, 0.05) is 6.42 Å². The van der Waals surface area contributed by atoms with E-state index in [0.717, 1.165) is 0 Å². The zero-order valence-electron chi connectivity index (χ0n) is 35.0. The highest BCUT2D eigenvalue weighted by atomic mass is 16.4. The smallest absolute Gasteiger partial charge is 0.326 e. The number of nitrogens with one attached hydrogen (secondary N) is 6. The van der Waals surface area contributed by atoms with E-state index in [2.05, 4.69) is 31.9 Å². The second-order valence-corrected chi connectivity index (χ2v) is 16.5. The number of amides is 6. The predicted molar refractivity (Wildman–Crippen MR) is 209 cm³/mol. The zero-order valence-corrected chi connectivity index (χ0v) is 35.0. The fourth-order valence-electron chi connectivity index (χ4n) is 5.74. The van der Waals surface area contributed by atoms with Crippen molar-refractivity contribution in [2.45, 2.75) is 156 Å². The topological polar surface area (TPSA) is 313 Å². The summed E-state index contributed by atoms with van der Waals surface area (Å²) in [6.45, 7) is 17.5. The quantitative estimate of drug-likeness (QED) is 0.0541. The minimum Gasteiger partial charge on any atom is -0.481 e. The van der Waals surface area contributed by atoms with Crippen molar-refractivity contribution < 1.29 is 58.5 Å². The summed E-state index contributed by atoms with van der Waals surface area (Å²) in [6, 6.07) is -9.12. The summed E-state index contributed by atoms with van der Waals surface area (Å²) in [6.07, 6.45) is -0.983. The number of carbonyl (C=O) groups is 9. The second kappa shape index (κ2) is 25.4. The van der Waals surface area contributed by atoms with Crippen molar-refractivity contribution in [3.8, 4) is 0 Å². The molecule has 6 amide bonds. The Hall–Kier alpha value is -4.81. The molecular formula is C38H67N7O12. The lowest BCUT2D eigenvalue weighted by molar-refractivity contribution is -0.143. The van der Waals surface area contributed by atoms with Crippen LogP contribution < -0.4 is 37.6 Å². The van der Waals surface area contributed by atoms with Crippen molar-refractivity contribution in [3.63, 3.8) is 0 Å². The van der Waals surface area contributed by atoms with Crippen LogP contribution in [-0.4, -0.2) is 111 Å². The van der Waals surface area contributed by atoms with Gasteiger partial charge in [-0.2, -0.15) is 0 Å². The van der Waals surface area contributed by atoms with Gasteiger partial charge in [0.2, 0.25) is 35.4 Å². The van der Waals surface area contributed by atoms with Crippen LogP contribution in [0.1, 0.15) is 114 Å². The number of carboxylic acids is 3. The highest BCUT2D eigenvalue weighted by molar-refractivity contribution is 5.98. The molecule has 0 rings (SSSR count). The van der Waals surface area contributed by atoms with Gasteiger partial charge >= 0.3 is 17.9 Å². The Balaban J connectivity index is 6.26. The lowest BCUT2D eigenvalue weighted by Gasteiger charge is -2.29. The van der Waals surface area contributed by atoms with Gasteiger partial charge in [0.25, 0.3) is 0 Å². The van der Waals surface area contributed by atoms with Crippen LogP contribution in [0.2, 0.25) is 0 Å². The molecule has 19 heteroatoms. The highest BCUT2D eigenvalue weighted by Crippen LogP contribution is 2.13.